The number of nitrogens with zero attached hydrogens (tertiary/aromatic N) is 1. The standard InChI is InChI=1S/C19H25N3.HI/c1-16(18-11-7-4-8-12-18)15-22-19(20-2)21-14-13-17-9-5-3-6-10-17;/h3-12,16H,13-15H2,1-2H3,(H2,20,21,22);1H. The summed E-state index contributed by atoms with van der Waals surface area (Å²) in [6, 6.07) is 21.0. The van der Waals surface area contributed by atoms with Crippen LogP contribution in [0.4, 0.5) is 0 Å². The Balaban J connectivity index is 0.00000264. The summed E-state index contributed by atoms with van der Waals surface area (Å²) in [5.41, 5.74) is 2.68. The monoisotopic (exact) mass is 423 g/mol. The Morgan fingerprint density at radius 1 is 0.957 bits per heavy atom. The fraction of sp³-hybridized carbons (Fsp3) is 0.316. The Morgan fingerprint density at radius 2 is 1.57 bits per heavy atom. The third-order valence-corrected chi connectivity index (χ3v) is 3.72. The largest absolute Gasteiger partial charge is 0.356 e. The summed E-state index contributed by atoms with van der Waals surface area (Å²) in [5.74, 6) is 1.31. The molecule has 0 fully saturated rings. The normalized spacial score (nSPS) is 12.2. The van der Waals surface area contributed by atoms with Crippen molar-refractivity contribution in [2.24, 2.45) is 4.99 Å². The molecule has 3 nitrogen and oxygen atoms in total. The van der Waals surface area contributed by atoms with Gasteiger partial charge in [0.05, 0.1) is 0 Å². The highest BCUT2D eigenvalue weighted by atomic mass is 127. The Morgan fingerprint density at radius 3 is 2.17 bits per heavy atom. The van der Waals surface area contributed by atoms with Crippen LogP contribution in [0.5, 0.6) is 0 Å². The lowest BCUT2D eigenvalue weighted by molar-refractivity contribution is 0.698. The van der Waals surface area contributed by atoms with Crippen LogP contribution in [0.1, 0.15) is 24.0 Å². The van der Waals surface area contributed by atoms with Gasteiger partial charge in [0.25, 0.3) is 0 Å². The lowest BCUT2D eigenvalue weighted by atomic mass is 10.0. The lowest BCUT2D eigenvalue weighted by Crippen LogP contribution is -2.39. The number of hydrogen-bond acceptors (Lipinski definition) is 1. The molecule has 2 aromatic rings. The summed E-state index contributed by atoms with van der Waals surface area (Å²) in [4.78, 5) is 4.28. The molecular formula is C19H26IN3. The molecule has 1 atom stereocenters. The van der Waals surface area contributed by atoms with Crippen LogP contribution in [0.3, 0.4) is 0 Å². The number of rotatable bonds is 6. The smallest absolute Gasteiger partial charge is 0.191 e. The highest BCUT2D eigenvalue weighted by Gasteiger charge is 2.05. The molecule has 0 aromatic heterocycles. The van der Waals surface area contributed by atoms with Crippen LogP contribution in [0.15, 0.2) is 65.7 Å². The third kappa shape index (κ3) is 7.03. The number of hydrogen-bond donors (Lipinski definition) is 2. The van der Waals surface area contributed by atoms with Gasteiger partial charge in [-0.25, -0.2) is 0 Å². The van der Waals surface area contributed by atoms with E-state index >= 15 is 0 Å². The highest BCUT2D eigenvalue weighted by molar-refractivity contribution is 14.0. The summed E-state index contributed by atoms with van der Waals surface area (Å²) in [7, 11) is 1.81. The maximum atomic E-state index is 4.28. The second-order valence-electron chi connectivity index (χ2n) is 5.43. The molecule has 2 N–H and O–H groups in total. The Bertz CT molecular complexity index is 570. The van der Waals surface area contributed by atoms with Gasteiger partial charge < -0.3 is 10.6 Å². The molecule has 0 amide bonds. The van der Waals surface area contributed by atoms with Crippen LogP contribution in [-0.2, 0) is 6.42 Å². The molecule has 4 heteroatoms. The van der Waals surface area contributed by atoms with E-state index in [9.17, 15) is 0 Å². The minimum absolute atomic E-state index is 0. The summed E-state index contributed by atoms with van der Waals surface area (Å²) >= 11 is 0. The molecule has 0 bridgehead atoms. The van der Waals surface area contributed by atoms with Gasteiger partial charge in [0, 0.05) is 20.1 Å². The van der Waals surface area contributed by atoms with Crippen molar-refractivity contribution in [1.29, 1.82) is 0 Å². The van der Waals surface area contributed by atoms with Crippen molar-refractivity contribution >= 4 is 29.9 Å². The van der Waals surface area contributed by atoms with Crippen molar-refractivity contribution in [3.05, 3.63) is 71.8 Å². The van der Waals surface area contributed by atoms with E-state index in [1.807, 2.05) is 19.2 Å². The molecule has 0 saturated carbocycles. The third-order valence-electron chi connectivity index (χ3n) is 3.72. The molecule has 0 saturated heterocycles. The highest BCUT2D eigenvalue weighted by Crippen LogP contribution is 2.12. The van der Waals surface area contributed by atoms with Gasteiger partial charge >= 0.3 is 0 Å². The molecule has 0 aliphatic carbocycles. The number of aliphatic imine (C=N–C) groups is 1. The molecule has 124 valence electrons. The van der Waals surface area contributed by atoms with Gasteiger partial charge in [-0.2, -0.15) is 0 Å². The fourth-order valence-electron chi connectivity index (χ4n) is 2.34. The van der Waals surface area contributed by atoms with Crippen molar-refractivity contribution in [2.45, 2.75) is 19.3 Å². The van der Waals surface area contributed by atoms with Crippen LogP contribution < -0.4 is 10.6 Å². The van der Waals surface area contributed by atoms with Gasteiger partial charge in [0.15, 0.2) is 5.96 Å². The first-order chi connectivity index (χ1) is 10.8. The number of guanidine groups is 1. The molecule has 0 heterocycles. The van der Waals surface area contributed by atoms with Crippen LogP contribution in [-0.4, -0.2) is 26.1 Å². The summed E-state index contributed by atoms with van der Waals surface area (Å²) in [6.07, 6.45) is 0.996. The second-order valence-corrected chi connectivity index (χ2v) is 5.43. The van der Waals surface area contributed by atoms with Crippen molar-refractivity contribution in [2.75, 3.05) is 20.1 Å². The molecule has 0 radical (unpaired) electrons. The number of halogens is 1. The van der Waals surface area contributed by atoms with Crippen LogP contribution in [0.25, 0.3) is 0 Å². The Labute approximate surface area is 156 Å². The predicted molar refractivity (Wildman–Crippen MR) is 110 cm³/mol. The first kappa shape index (κ1) is 19.5. The molecule has 0 spiro atoms. The van der Waals surface area contributed by atoms with Crippen LogP contribution >= 0.6 is 24.0 Å². The van der Waals surface area contributed by atoms with Crippen molar-refractivity contribution in [3.63, 3.8) is 0 Å². The van der Waals surface area contributed by atoms with Gasteiger partial charge in [-0.05, 0) is 23.5 Å². The molecule has 2 rings (SSSR count). The average molecular weight is 423 g/mol. The molecular weight excluding hydrogens is 397 g/mol. The van der Waals surface area contributed by atoms with Crippen LogP contribution in [0, 0.1) is 0 Å². The van der Waals surface area contributed by atoms with Gasteiger partial charge in [-0.1, -0.05) is 67.6 Å². The summed E-state index contributed by atoms with van der Waals surface area (Å²) < 4.78 is 0. The topological polar surface area (TPSA) is 36.4 Å². The van der Waals surface area contributed by atoms with E-state index in [4.69, 9.17) is 0 Å². The molecule has 1 unspecified atom stereocenters. The molecule has 0 aliphatic heterocycles. The van der Waals surface area contributed by atoms with E-state index in [1.54, 1.807) is 0 Å². The van der Waals surface area contributed by atoms with Crippen molar-refractivity contribution in [1.82, 2.24) is 10.6 Å². The van der Waals surface area contributed by atoms with E-state index in [2.05, 4.69) is 71.1 Å². The van der Waals surface area contributed by atoms with Crippen molar-refractivity contribution in [3.8, 4) is 0 Å². The van der Waals surface area contributed by atoms with E-state index < -0.39 is 0 Å². The number of nitrogens with one attached hydrogen (secondary N) is 2. The zero-order valence-electron chi connectivity index (χ0n) is 13.8. The first-order valence-electron chi connectivity index (χ1n) is 7.83. The van der Waals surface area contributed by atoms with Gasteiger partial charge in [-0.3, -0.25) is 4.99 Å². The molecule has 0 aliphatic rings. The Hall–Kier alpha value is -1.56. The summed E-state index contributed by atoms with van der Waals surface area (Å²) in [6.45, 7) is 3.97. The lowest BCUT2D eigenvalue weighted by Gasteiger charge is -2.16. The van der Waals surface area contributed by atoms with E-state index in [0.717, 1.165) is 25.5 Å². The quantitative estimate of drug-likeness (QED) is 0.421. The SMILES string of the molecule is CN=C(NCCc1ccccc1)NCC(C)c1ccccc1.I. The van der Waals surface area contributed by atoms with E-state index in [-0.39, 0.29) is 24.0 Å². The maximum absolute atomic E-state index is 4.28. The molecule has 23 heavy (non-hydrogen) atoms. The van der Waals surface area contributed by atoms with Gasteiger partial charge in [-0.15, -0.1) is 24.0 Å². The first-order valence-corrected chi connectivity index (χ1v) is 7.83. The zero-order chi connectivity index (χ0) is 15.6. The van der Waals surface area contributed by atoms with E-state index in [0.29, 0.717) is 5.92 Å². The van der Waals surface area contributed by atoms with Crippen LogP contribution in [0.2, 0.25) is 0 Å². The maximum Gasteiger partial charge on any atom is 0.191 e. The molecule has 2 aromatic carbocycles. The zero-order valence-corrected chi connectivity index (χ0v) is 16.2. The second kappa shape index (κ2) is 11.0. The minimum atomic E-state index is 0. The Kier molecular flexibility index (Phi) is 9.36. The van der Waals surface area contributed by atoms with Gasteiger partial charge in [0.2, 0.25) is 0 Å². The van der Waals surface area contributed by atoms with E-state index in [1.165, 1.54) is 11.1 Å². The van der Waals surface area contributed by atoms with Crippen molar-refractivity contribution < 1.29 is 0 Å². The fourth-order valence-corrected chi connectivity index (χ4v) is 2.34. The number of benzene rings is 2. The average Bonchev–Trinajstić information content (AvgIpc) is 2.59. The minimum Gasteiger partial charge on any atom is -0.356 e. The predicted octanol–water partition coefficient (Wildman–Crippen LogP) is 3.82. The summed E-state index contributed by atoms with van der Waals surface area (Å²) in [5, 5.41) is 6.76. The van der Waals surface area contributed by atoms with Gasteiger partial charge in [0.1, 0.15) is 0 Å².